The zero-order valence-electron chi connectivity index (χ0n) is 26.4. The molecule has 1 spiro atoms. The Morgan fingerprint density at radius 2 is 1.40 bits per heavy atom. The number of phenolic OH excluding ortho intramolecular Hbond substituents is 1. The first kappa shape index (κ1) is 31.8. The lowest BCUT2D eigenvalue weighted by molar-refractivity contribution is -0.285. The van der Waals surface area contributed by atoms with Crippen LogP contribution < -0.4 is 10.5 Å². The van der Waals surface area contributed by atoms with Gasteiger partial charge in [-0.1, -0.05) is 79.6 Å². The lowest BCUT2D eigenvalue weighted by Gasteiger charge is -2.57. The topological polar surface area (TPSA) is 100 Å². The van der Waals surface area contributed by atoms with Crippen LogP contribution in [0.2, 0.25) is 0 Å². The minimum absolute atomic E-state index is 0.153. The maximum Gasteiger partial charge on any atom is 0.481 e. The van der Waals surface area contributed by atoms with E-state index in [0.29, 0.717) is 35.6 Å². The number of fused-ring (bicyclic) bond motifs is 1. The van der Waals surface area contributed by atoms with Crippen LogP contribution in [0.5, 0.6) is 11.5 Å². The molecule has 4 aliphatic rings. The molecule has 40 heavy (non-hydrogen) atoms. The molecule has 7 nitrogen and oxygen atoms in total. The number of phenols is 1. The number of hydrogen-bond donors (Lipinski definition) is 2. The number of ether oxygens (including phenoxy) is 1. The Balaban J connectivity index is 1.51. The Bertz CT molecular complexity index is 1130. The molecule has 2 bridgehead atoms. The smallest absolute Gasteiger partial charge is 0.481 e. The molecule has 8 heteroatoms. The van der Waals surface area contributed by atoms with Crippen molar-refractivity contribution in [2.24, 2.45) is 23.5 Å². The Morgan fingerprint density at radius 3 is 1.95 bits per heavy atom. The molecule has 0 amide bonds. The monoisotopic (exact) mass is 579 g/mol. The Kier molecular flexibility index (Phi) is 9.17. The Morgan fingerprint density at radius 1 is 0.850 bits per heavy atom. The van der Waals surface area contributed by atoms with Crippen molar-refractivity contribution in [2.75, 3.05) is 0 Å². The second-order valence-electron chi connectivity index (χ2n) is 13.7. The van der Waals surface area contributed by atoms with E-state index in [0.717, 1.165) is 35.8 Å². The molecule has 0 radical (unpaired) electrons. The summed E-state index contributed by atoms with van der Waals surface area (Å²) in [5, 5.41) is 10.9. The zero-order chi connectivity index (χ0) is 29.7. The average Bonchev–Trinajstić information content (AvgIpc) is 3.31. The van der Waals surface area contributed by atoms with Crippen molar-refractivity contribution >= 4 is 7.82 Å². The van der Waals surface area contributed by atoms with Crippen LogP contribution in [-0.4, -0.2) is 22.4 Å². The van der Waals surface area contributed by atoms with Crippen LogP contribution in [0, 0.1) is 38.5 Å². The van der Waals surface area contributed by atoms with Gasteiger partial charge in [-0.2, -0.15) is 0 Å². The van der Waals surface area contributed by atoms with Gasteiger partial charge < -0.3 is 15.6 Å². The van der Waals surface area contributed by atoms with Crippen LogP contribution in [-0.2, 0) is 23.9 Å². The van der Waals surface area contributed by atoms with Gasteiger partial charge in [-0.25, -0.2) is 13.6 Å². The lowest BCUT2D eigenvalue weighted by Crippen LogP contribution is -2.75. The predicted octanol–water partition coefficient (Wildman–Crippen LogP) is 8.72. The lowest BCUT2D eigenvalue weighted by atomic mass is 9.64. The summed E-state index contributed by atoms with van der Waals surface area (Å²) in [5.74, 6) is 1.47. The number of rotatable bonds is 14. The van der Waals surface area contributed by atoms with E-state index in [4.69, 9.17) is 24.0 Å². The summed E-state index contributed by atoms with van der Waals surface area (Å²) < 4.78 is 38.7. The summed E-state index contributed by atoms with van der Waals surface area (Å²) in [5.41, 5.74) is 7.26. The standard InChI is InChI=1S/C32H54NO6P/c1-10-26(33)31-30(9,19-13-18-22(5)17-12-16-21(4)15-11-14-20(2)3)36-29-24(7)23(6)28(34)25(8)27(29)32(31)38-40(35,37-31)39-32/h20-22,26,34H,10-19,33H2,1-9H3/t21-,22+,26?,30-,31?,32?,40?/m0/s1. The van der Waals surface area contributed by atoms with E-state index in [1.54, 1.807) is 0 Å². The van der Waals surface area contributed by atoms with Crippen molar-refractivity contribution in [3.63, 3.8) is 0 Å². The summed E-state index contributed by atoms with van der Waals surface area (Å²) >= 11 is 0. The summed E-state index contributed by atoms with van der Waals surface area (Å²) in [7, 11) is -3.78. The minimum atomic E-state index is -3.78. The molecule has 2 unspecified atom stereocenters. The van der Waals surface area contributed by atoms with Crippen LogP contribution in [0.1, 0.15) is 128 Å². The highest BCUT2D eigenvalue weighted by atomic mass is 31.2. The predicted molar refractivity (Wildman–Crippen MR) is 160 cm³/mol. The Labute approximate surface area is 242 Å². The average molecular weight is 580 g/mol. The van der Waals surface area contributed by atoms with E-state index in [9.17, 15) is 9.67 Å². The van der Waals surface area contributed by atoms with E-state index >= 15 is 0 Å². The van der Waals surface area contributed by atoms with Crippen molar-refractivity contribution in [3.8, 4) is 11.5 Å². The SMILES string of the molecule is CCC(N)C12OP3(=O)OC1(O3)c1c(C)c(O)c(C)c(C)c1O[C@@]2(C)CCC[C@H](C)CCC[C@@H](C)CCCC(C)C. The van der Waals surface area contributed by atoms with Crippen LogP contribution >= 0.6 is 7.82 Å². The molecule has 4 heterocycles. The molecule has 1 aromatic rings. The molecule has 4 aliphatic heterocycles. The fraction of sp³-hybridized carbons (Fsp3) is 0.812. The maximum atomic E-state index is 13.3. The molecular weight excluding hydrogens is 525 g/mol. The van der Waals surface area contributed by atoms with Gasteiger partial charge in [-0.15, -0.1) is 0 Å². The number of aromatic hydroxyl groups is 1. The summed E-state index contributed by atoms with van der Waals surface area (Å²) in [6.45, 7) is 18.9. The second kappa shape index (κ2) is 11.5. The molecule has 0 saturated carbocycles. The highest BCUT2D eigenvalue weighted by Crippen LogP contribution is 2.86. The summed E-state index contributed by atoms with van der Waals surface area (Å²) in [6.07, 6.45) is 10.9. The van der Waals surface area contributed by atoms with E-state index in [1.807, 2.05) is 34.6 Å². The number of phosphoric acid groups is 1. The number of benzene rings is 1. The van der Waals surface area contributed by atoms with Crippen molar-refractivity contribution in [1.82, 2.24) is 0 Å². The fourth-order valence-electron chi connectivity index (χ4n) is 7.38. The molecule has 3 N–H and O–H groups in total. The van der Waals surface area contributed by atoms with E-state index < -0.39 is 30.9 Å². The van der Waals surface area contributed by atoms with Crippen molar-refractivity contribution in [3.05, 3.63) is 22.3 Å². The van der Waals surface area contributed by atoms with Crippen LogP contribution in [0.4, 0.5) is 0 Å². The highest BCUT2D eigenvalue weighted by molar-refractivity contribution is 7.50. The quantitative estimate of drug-likeness (QED) is 0.213. The van der Waals surface area contributed by atoms with Gasteiger partial charge in [0.25, 0.3) is 5.79 Å². The second-order valence-corrected chi connectivity index (χ2v) is 15.1. The molecule has 5 atom stereocenters. The van der Waals surface area contributed by atoms with Crippen LogP contribution in [0.3, 0.4) is 0 Å². The van der Waals surface area contributed by atoms with Crippen LogP contribution in [0.15, 0.2) is 0 Å². The van der Waals surface area contributed by atoms with Gasteiger partial charge in [0, 0.05) is 11.6 Å². The molecule has 0 aromatic heterocycles. The van der Waals surface area contributed by atoms with Gasteiger partial charge in [0.2, 0.25) is 0 Å². The first-order chi connectivity index (χ1) is 18.7. The molecule has 1 aromatic carbocycles. The molecular formula is C32H54NO6P. The molecule has 228 valence electrons. The van der Waals surface area contributed by atoms with Crippen LogP contribution in [0.25, 0.3) is 0 Å². The largest absolute Gasteiger partial charge is 0.507 e. The zero-order valence-corrected chi connectivity index (χ0v) is 27.3. The maximum absolute atomic E-state index is 13.3. The number of nitrogens with two attached hydrogens (primary N) is 1. The van der Waals surface area contributed by atoms with E-state index in [2.05, 4.69) is 27.7 Å². The summed E-state index contributed by atoms with van der Waals surface area (Å²) in [6, 6.07) is -0.554. The summed E-state index contributed by atoms with van der Waals surface area (Å²) in [4.78, 5) is 0. The fourth-order valence-corrected chi connectivity index (χ4v) is 9.35. The van der Waals surface area contributed by atoms with Gasteiger partial charge in [0.1, 0.15) is 17.1 Å². The highest BCUT2D eigenvalue weighted by Gasteiger charge is 2.88. The molecule has 3 fully saturated rings. The number of phosphoric ester groups is 1. The van der Waals surface area contributed by atoms with Crippen molar-refractivity contribution in [1.29, 1.82) is 0 Å². The van der Waals surface area contributed by atoms with Gasteiger partial charge in [0.05, 0.1) is 5.56 Å². The third-order valence-electron chi connectivity index (χ3n) is 10.1. The molecule has 5 rings (SSSR count). The normalized spacial score (nSPS) is 32.7. The third kappa shape index (κ3) is 5.06. The number of hydrogen-bond acceptors (Lipinski definition) is 7. The third-order valence-corrected chi connectivity index (χ3v) is 11.5. The molecule has 3 saturated heterocycles. The van der Waals surface area contributed by atoms with Crippen molar-refractivity contribution in [2.45, 2.75) is 150 Å². The first-order valence-electron chi connectivity index (χ1n) is 15.7. The van der Waals surface area contributed by atoms with Gasteiger partial charge in [-0.05, 0) is 75.8 Å². The Hall–Kier alpha value is -1.11. The van der Waals surface area contributed by atoms with Gasteiger partial charge in [-0.3, -0.25) is 4.52 Å². The van der Waals surface area contributed by atoms with Gasteiger partial charge >= 0.3 is 7.82 Å². The van der Waals surface area contributed by atoms with Gasteiger partial charge in [0.15, 0.2) is 5.60 Å². The van der Waals surface area contributed by atoms with E-state index in [-0.39, 0.29) is 5.75 Å². The van der Waals surface area contributed by atoms with Crippen molar-refractivity contribution < 1.29 is 28.0 Å². The van der Waals surface area contributed by atoms with E-state index in [1.165, 1.54) is 38.5 Å². The first-order valence-corrected chi connectivity index (χ1v) is 17.1. The molecule has 0 aliphatic carbocycles. The minimum Gasteiger partial charge on any atom is -0.507 e.